The number of fused-ring (bicyclic) bond motifs is 1. The normalized spacial score (nSPS) is 12.5. The van der Waals surface area contributed by atoms with E-state index in [1.165, 1.54) is 0 Å². The summed E-state index contributed by atoms with van der Waals surface area (Å²) in [5, 5.41) is 8.00. The van der Waals surface area contributed by atoms with Crippen LogP contribution in [-0.2, 0) is 23.2 Å². The summed E-state index contributed by atoms with van der Waals surface area (Å²) in [6.07, 6.45) is 0. The van der Waals surface area contributed by atoms with Crippen LogP contribution in [0.3, 0.4) is 0 Å². The summed E-state index contributed by atoms with van der Waals surface area (Å²) in [5.41, 5.74) is 4.52. The molecule has 1 aliphatic rings. The Balaban J connectivity index is 1.61. The third kappa shape index (κ3) is 4.01. The molecule has 0 fully saturated rings. The van der Waals surface area contributed by atoms with E-state index in [1.54, 1.807) is 18.2 Å². The number of hydrogen-bond acceptors (Lipinski definition) is 4. The van der Waals surface area contributed by atoms with Gasteiger partial charge in [-0.15, -0.1) is 0 Å². The summed E-state index contributed by atoms with van der Waals surface area (Å²) < 4.78 is 7.24. The highest BCUT2D eigenvalue weighted by atomic mass is 16.5. The number of nitrogens with zero attached hydrogens (tertiary/aromatic N) is 1. The van der Waals surface area contributed by atoms with Gasteiger partial charge in [-0.3, -0.25) is 14.4 Å². The van der Waals surface area contributed by atoms with Crippen LogP contribution in [-0.4, -0.2) is 28.9 Å². The van der Waals surface area contributed by atoms with E-state index < -0.39 is 5.91 Å². The molecule has 8 nitrogen and oxygen atoms in total. The molecule has 152 valence electrons. The quantitative estimate of drug-likeness (QED) is 0.671. The summed E-state index contributed by atoms with van der Waals surface area (Å²) in [6.45, 7) is 9.54. The van der Waals surface area contributed by atoms with Crippen molar-refractivity contribution >= 4 is 23.4 Å². The molecule has 8 heteroatoms. The highest BCUT2D eigenvalue weighted by molar-refractivity contribution is 6.04. The van der Waals surface area contributed by atoms with Crippen molar-refractivity contribution in [3.05, 3.63) is 58.6 Å². The minimum atomic E-state index is -0.487. The number of benzene rings is 1. The summed E-state index contributed by atoms with van der Waals surface area (Å²) in [7, 11) is 1.89. The van der Waals surface area contributed by atoms with Crippen LogP contribution < -0.4 is 20.7 Å². The van der Waals surface area contributed by atoms with Crippen LogP contribution in [0.25, 0.3) is 0 Å². The maximum atomic E-state index is 12.6. The molecule has 0 radical (unpaired) electrons. The van der Waals surface area contributed by atoms with Gasteiger partial charge < -0.3 is 25.3 Å². The second kappa shape index (κ2) is 7.83. The van der Waals surface area contributed by atoms with Gasteiger partial charge in [0.2, 0.25) is 0 Å². The van der Waals surface area contributed by atoms with Gasteiger partial charge in [-0.05, 0) is 44.0 Å². The Morgan fingerprint density at radius 3 is 2.62 bits per heavy atom. The maximum absolute atomic E-state index is 12.6. The van der Waals surface area contributed by atoms with Gasteiger partial charge in [0.15, 0.2) is 6.61 Å². The number of hydrogen-bond donors (Lipinski definition) is 3. The highest BCUT2D eigenvalue weighted by Gasteiger charge is 2.21. The van der Waals surface area contributed by atoms with Crippen molar-refractivity contribution in [3.63, 3.8) is 0 Å². The Morgan fingerprint density at radius 1 is 1.24 bits per heavy atom. The molecule has 1 aromatic carbocycles. The highest BCUT2D eigenvalue weighted by Crippen LogP contribution is 2.28. The molecule has 0 unspecified atom stereocenters. The fraction of sp³-hybridized carbons (Fsp3) is 0.286. The second-order valence-electron chi connectivity index (χ2n) is 7.01. The van der Waals surface area contributed by atoms with Crippen LogP contribution in [0.2, 0.25) is 0 Å². The van der Waals surface area contributed by atoms with Crippen molar-refractivity contribution in [1.82, 2.24) is 15.2 Å². The van der Waals surface area contributed by atoms with Gasteiger partial charge in [-0.2, -0.15) is 0 Å². The molecule has 2 aromatic rings. The number of carbonyl (C=O) groups excluding carboxylic acids is 3. The van der Waals surface area contributed by atoms with Gasteiger partial charge in [0.05, 0.1) is 16.9 Å². The standard InChI is InChI=1S/C21H24N4O4/c1-11-13(3)25(5)14(4)19(11)21(28)23-12(2)20(27)22-9-15-6-7-17-16(8-15)24-18(26)10-29-17/h6-8H,2,9-10H2,1,3-5H3,(H,22,27)(H,23,28)(H,24,26). The lowest BCUT2D eigenvalue weighted by Crippen LogP contribution is -2.34. The summed E-state index contributed by atoms with van der Waals surface area (Å²) in [6, 6.07) is 5.25. The molecule has 3 N–H and O–H groups in total. The first-order valence-electron chi connectivity index (χ1n) is 9.15. The molecule has 0 saturated heterocycles. The lowest BCUT2D eigenvalue weighted by Gasteiger charge is -2.18. The van der Waals surface area contributed by atoms with Crippen molar-refractivity contribution in [2.45, 2.75) is 27.3 Å². The fourth-order valence-corrected chi connectivity index (χ4v) is 3.24. The van der Waals surface area contributed by atoms with Crippen molar-refractivity contribution in [2.24, 2.45) is 7.05 Å². The molecule has 3 rings (SSSR count). The van der Waals surface area contributed by atoms with E-state index >= 15 is 0 Å². The summed E-state index contributed by atoms with van der Waals surface area (Å²) in [5.74, 6) is -0.492. The van der Waals surface area contributed by atoms with Crippen LogP contribution in [0.5, 0.6) is 5.75 Å². The summed E-state index contributed by atoms with van der Waals surface area (Å²) in [4.78, 5) is 36.4. The van der Waals surface area contributed by atoms with Gasteiger partial charge in [0.1, 0.15) is 5.75 Å². The van der Waals surface area contributed by atoms with Gasteiger partial charge in [0, 0.05) is 25.0 Å². The average molecular weight is 396 g/mol. The number of amides is 3. The predicted molar refractivity (Wildman–Crippen MR) is 109 cm³/mol. The van der Waals surface area contributed by atoms with Gasteiger partial charge in [0.25, 0.3) is 17.7 Å². The number of carbonyl (C=O) groups is 3. The molecule has 3 amide bonds. The van der Waals surface area contributed by atoms with Crippen molar-refractivity contribution < 1.29 is 19.1 Å². The molecule has 0 aliphatic carbocycles. The first-order chi connectivity index (χ1) is 13.7. The zero-order chi connectivity index (χ0) is 21.3. The van der Waals surface area contributed by atoms with Crippen LogP contribution in [0.4, 0.5) is 5.69 Å². The van der Waals surface area contributed by atoms with Crippen molar-refractivity contribution in [1.29, 1.82) is 0 Å². The molecular weight excluding hydrogens is 372 g/mol. The average Bonchev–Trinajstić information content (AvgIpc) is 2.88. The number of anilines is 1. The Morgan fingerprint density at radius 2 is 1.97 bits per heavy atom. The number of nitrogens with one attached hydrogen (secondary N) is 3. The summed E-state index contributed by atoms with van der Waals surface area (Å²) >= 11 is 0. The third-order valence-electron chi connectivity index (χ3n) is 5.18. The van der Waals surface area contributed by atoms with Crippen molar-refractivity contribution in [2.75, 3.05) is 11.9 Å². The van der Waals surface area contributed by atoms with Gasteiger partial charge in [-0.1, -0.05) is 12.6 Å². The molecule has 0 saturated carbocycles. The topological polar surface area (TPSA) is 101 Å². The van der Waals surface area contributed by atoms with E-state index in [9.17, 15) is 14.4 Å². The monoisotopic (exact) mass is 396 g/mol. The van der Waals surface area contributed by atoms with Crippen LogP contribution in [0.1, 0.15) is 32.9 Å². The van der Waals surface area contributed by atoms with E-state index in [0.29, 0.717) is 17.0 Å². The molecule has 29 heavy (non-hydrogen) atoms. The first kappa shape index (κ1) is 20.2. The molecule has 1 aliphatic heterocycles. The number of ether oxygens (including phenoxy) is 1. The largest absolute Gasteiger partial charge is 0.482 e. The van der Waals surface area contributed by atoms with Crippen molar-refractivity contribution in [3.8, 4) is 5.75 Å². The van der Waals surface area contributed by atoms with E-state index in [4.69, 9.17) is 4.74 Å². The Labute approximate surface area is 168 Å². The molecule has 1 aromatic heterocycles. The van der Waals surface area contributed by atoms with E-state index in [1.807, 2.05) is 32.4 Å². The van der Waals surface area contributed by atoms with Crippen LogP contribution in [0, 0.1) is 20.8 Å². The second-order valence-corrected chi connectivity index (χ2v) is 7.01. The van der Waals surface area contributed by atoms with E-state index in [2.05, 4.69) is 22.5 Å². The van der Waals surface area contributed by atoms with Crippen LogP contribution in [0.15, 0.2) is 30.5 Å². The fourth-order valence-electron chi connectivity index (χ4n) is 3.24. The van der Waals surface area contributed by atoms with Gasteiger partial charge in [-0.25, -0.2) is 0 Å². The Bertz CT molecular complexity index is 1010. The van der Waals surface area contributed by atoms with Gasteiger partial charge >= 0.3 is 0 Å². The SMILES string of the molecule is C=C(NC(=O)c1c(C)c(C)n(C)c1C)C(=O)NCc1ccc2c(c1)NC(=O)CO2. The minimum Gasteiger partial charge on any atom is -0.482 e. The van der Waals surface area contributed by atoms with E-state index in [-0.39, 0.29) is 30.7 Å². The Hall–Kier alpha value is -3.55. The van der Waals surface area contributed by atoms with Crippen LogP contribution >= 0.6 is 0 Å². The minimum absolute atomic E-state index is 0.0114. The Kier molecular flexibility index (Phi) is 5.45. The molecular formula is C21H24N4O4. The lowest BCUT2D eigenvalue weighted by molar-refractivity contribution is -0.119. The third-order valence-corrected chi connectivity index (χ3v) is 5.18. The lowest BCUT2D eigenvalue weighted by atomic mass is 10.1. The molecule has 0 spiro atoms. The molecule has 0 bridgehead atoms. The first-order valence-corrected chi connectivity index (χ1v) is 9.15. The van der Waals surface area contributed by atoms with E-state index in [0.717, 1.165) is 22.5 Å². The predicted octanol–water partition coefficient (Wildman–Crippen LogP) is 1.84. The smallest absolute Gasteiger partial charge is 0.267 e. The molecule has 0 atom stereocenters. The molecule has 2 heterocycles. The number of aromatic nitrogens is 1. The zero-order valence-electron chi connectivity index (χ0n) is 16.9. The number of rotatable bonds is 5. The zero-order valence-corrected chi connectivity index (χ0v) is 16.9. The maximum Gasteiger partial charge on any atom is 0.267 e.